The number of thiophene rings is 1. The van der Waals surface area contributed by atoms with Crippen LogP contribution in [0.25, 0.3) is 0 Å². The highest BCUT2D eigenvalue weighted by atomic mass is 32.1. The average molecular weight is 248 g/mol. The molecule has 2 nitrogen and oxygen atoms in total. The molecule has 3 N–H and O–H groups in total. The van der Waals surface area contributed by atoms with Crippen molar-refractivity contribution in [3.8, 4) is 0 Å². The zero-order valence-corrected chi connectivity index (χ0v) is 10.9. The van der Waals surface area contributed by atoms with E-state index >= 15 is 0 Å². The molecule has 0 aromatic carbocycles. The molecule has 5 rings (SSSR count). The van der Waals surface area contributed by atoms with Crippen LogP contribution in [0.3, 0.4) is 0 Å². The Morgan fingerprint density at radius 2 is 1.65 bits per heavy atom. The van der Waals surface area contributed by atoms with Crippen molar-refractivity contribution in [3.63, 3.8) is 0 Å². The van der Waals surface area contributed by atoms with Gasteiger partial charge in [0, 0.05) is 10.3 Å². The molecule has 1 aromatic rings. The lowest BCUT2D eigenvalue weighted by Gasteiger charge is -2.56. The summed E-state index contributed by atoms with van der Waals surface area (Å²) in [5.41, 5.74) is 3.33. The number of hydrogen-bond donors (Lipinski definition) is 2. The Kier molecular flexibility index (Phi) is 2.13. The molecule has 0 spiro atoms. The zero-order chi connectivity index (χ0) is 11.5. The van der Waals surface area contributed by atoms with E-state index in [-0.39, 0.29) is 0 Å². The number of nitrogens with two attached hydrogens (primary N) is 1. The summed E-state index contributed by atoms with van der Waals surface area (Å²) in [4.78, 5) is 1.60. The minimum absolute atomic E-state index is 0.536. The van der Waals surface area contributed by atoms with Crippen LogP contribution in [0.2, 0.25) is 0 Å². The van der Waals surface area contributed by atoms with Crippen LogP contribution in [0, 0.1) is 17.8 Å². The molecule has 0 atom stereocenters. The van der Waals surface area contributed by atoms with Crippen molar-refractivity contribution < 1.29 is 0 Å². The summed E-state index contributed by atoms with van der Waals surface area (Å²) in [7, 11) is 0. The van der Waals surface area contributed by atoms with E-state index in [0.717, 1.165) is 22.8 Å². The maximum Gasteiger partial charge on any atom is 0.103 e. The molecule has 0 aliphatic heterocycles. The Labute approximate surface area is 107 Å². The van der Waals surface area contributed by atoms with Crippen LogP contribution in [-0.2, 0) is 5.41 Å². The van der Waals surface area contributed by atoms with Crippen LogP contribution < -0.4 is 11.3 Å². The van der Waals surface area contributed by atoms with Crippen molar-refractivity contribution >= 4 is 16.3 Å². The molecule has 1 heterocycles. The standard InChI is InChI=1S/C14H20N2S/c15-16-13-2-1-12(17-13)14-6-9-3-10(7-14)5-11(4-9)8-14/h1-2,9-11,16H,3-8,15H2. The summed E-state index contributed by atoms with van der Waals surface area (Å²) >= 11 is 1.89. The number of hydrogen-bond acceptors (Lipinski definition) is 3. The number of rotatable bonds is 2. The second-order valence-electron chi connectivity index (χ2n) is 6.51. The van der Waals surface area contributed by atoms with Gasteiger partial charge in [0.1, 0.15) is 5.00 Å². The first kappa shape index (κ1) is 10.4. The first-order valence-corrected chi connectivity index (χ1v) is 7.66. The SMILES string of the molecule is NNc1ccc(C23CC4CC(CC(C4)C2)C3)s1. The third kappa shape index (κ3) is 1.48. The molecule has 17 heavy (non-hydrogen) atoms. The first-order valence-electron chi connectivity index (χ1n) is 6.84. The average Bonchev–Trinajstić information content (AvgIpc) is 2.76. The first-order chi connectivity index (χ1) is 8.27. The molecule has 4 aliphatic rings. The number of nitrogens with one attached hydrogen (secondary N) is 1. The van der Waals surface area contributed by atoms with E-state index < -0.39 is 0 Å². The van der Waals surface area contributed by atoms with Gasteiger partial charge in [0.2, 0.25) is 0 Å². The quantitative estimate of drug-likeness (QED) is 0.621. The minimum atomic E-state index is 0.536. The normalized spacial score (nSPS) is 43.0. The lowest BCUT2D eigenvalue weighted by molar-refractivity contribution is -0.00346. The molecule has 4 aliphatic carbocycles. The fourth-order valence-corrected chi connectivity index (χ4v) is 6.15. The molecule has 1 aromatic heterocycles. The Bertz CT molecular complexity index is 402. The smallest absolute Gasteiger partial charge is 0.103 e. The third-order valence-electron chi connectivity index (χ3n) is 5.31. The van der Waals surface area contributed by atoms with Gasteiger partial charge in [-0.1, -0.05) is 0 Å². The fraction of sp³-hybridized carbons (Fsp3) is 0.714. The molecule has 4 bridgehead atoms. The van der Waals surface area contributed by atoms with Gasteiger partial charge in [0.15, 0.2) is 0 Å². The summed E-state index contributed by atoms with van der Waals surface area (Å²) < 4.78 is 0. The maximum atomic E-state index is 5.52. The third-order valence-corrected chi connectivity index (χ3v) is 6.57. The van der Waals surface area contributed by atoms with Gasteiger partial charge >= 0.3 is 0 Å². The van der Waals surface area contributed by atoms with Crippen molar-refractivity contribution in [3.05, 3.63) is 17.0 Å². The Hall–Kier alpha value is -0.540. The van der Waals surface area contributed by atoms with Crippen LogP contribution in [0.5, 0.6) is 0 Å². The van der Waals surface area contributed by atoms with Gasteiger partial charge in [-0.15, -0.1) is 11.3 Å². The van der Waals surface area contributed by atoms with Gasteiger partial charge in [0.25, 0.3) is 0 Å². The monoisotopic (exact) mass is 248 g/mol. The predicted molar refractivity (Wildman–Crippen MR) is 72.0 cm³/mol. The summed E-state index contributed by atoms with van der Waals surface area (Å²) in [5.74, 6) is 8.59. The highest BCUT2D eigenvalue weighted by Gasteiger charge is 2.52. The topological polar surface area (TPSA) is 38.0 Å². The van der Waals surface area contributed by atoms with Gasteiger partial charge in [-0.3, -0.25) is 0 Å². The Balaban J connectivity index is 1.72. The highest BCUT2D eigenvalue weighted by molar-refractivity contribution is 7.16. The molecule has 0 radical (unpaired) electrons. The van der Waals surface area contributed by atoms with E-state index in [2.05, 4.69) is 17.6 Å². The number of hydrazine groups is 1. The summed E-state index contributed by atoms with van der Waals surface area (Å²) in [6.07, 6.45) is 8.91. The molecular weight excluding hydrogens is 228 g/mol. The number of anilines is 1. The van der Waals surface area contributed by atoms with Gasteiger partial charge in [0.05, 0.1) is 0 Å². The molecular formula is C14H20N2S. The molecule has 0 unspecified atom stereocenters. The van der Waals surface area contributed by atoms with Crippen LogP contribution in [0.4, 0.5) is 5.00 Å². The van der Waals surface area contributed by atoms with Crippen LogP contribution in [0.15, 0.2) is 12.1 Å². The zero-order valence-electron chi connectivity index (χ0n) is 10.1. The van der Waals surface area contributed by atoms with Gasteiger partial charge in [-0.2, -0.15) is 0 Å². The maximum absolute atomic E-state index is 5.52. The van der Waals surface area contributed by atoms with Crippen molar-refractivity contribution in [2.75, 3.05) is 5.43 Å². The second kappa shape index (κ2) is 3.48. The Morgan fingerprint density at radius 1 is 1.06 bits per heavy atom. The van der Waals surface area contributed by atoms with Gasteiger partial charge in [-0.05, 0) is 68.4 Å². The minimum Gasteiger partial charge on any atom is -0.315 e. The van der Waals surface area contributed by atoms with E-state index in [9.17, 15) is 0 Å². The second-order valence-corrected chi connectivity index (χ2v) is 7.59. The summed E-state index contributed by atoms with van der Waals surface area (Å²) in [5, 5.41) is 1.12. The van der Waals surface area contributed by atoms with Crippen LogP contribution in [0.1, 0.15) is 43.4 Å². The summed E-state index contributed by atoms with van der Waals surface area (Å²) in [6, 6.07) is 4.48. The lowest BCUT2D eigenvalue weighted by Crippen LogP contribution is -2.48. The van der Waals surface area contributed by atoms with E-state index in [1.54, 1.807) is 4.88 Å². The van der Waals surface area contributed by atoms with E-state index in [4.69, 9.17) is 5.84 Å². The lowest BCUT2D eigenvalue weighted by atomic mass is 9.49. The van der Waals surface area contributed by atoms with Crippen LogP contribution >= 0.6 is 11.3 Å². The molecule has 4 fully saturated rings. The fourth-order valence-electron chi connectivity index (χ4n) is 5.11. The summed E-state index contributed by atoms with van der Waals surface area (Å²) in [6.45, 7) is 0. The molecule has 0 saturated heterocycles. The van der Waals surface area contributed by atoms with Crippen molar-refractivity contribution in [2.45, 2.75) is 43.9 Å². The van der Waals surface area contributed by atoms with Crippen molar-refractivity contribution in [2.24, 2.45) is 23.6 Å². The van der Waals surface area contributed by atoms with Crippen molar-refractivity contribution in [1.29, 1.82) is 0 Å². The predicted octanol–water partition coefficient (Wildman–Crippen LogP) is 3.50. The largest absolute Gasteiger partial charge is 0.315 e. The van der Waals surface area contributed by atoms with E-state index in [0.29, 0.717) is 5.41 Å². The molecule has 3 heteroatoms. The van der Waals surface area contributed by atoms with Crippen molar-refractivity contribution in [1.82, 2.24) is 0 Å². The molecule has 0 amide bonds. The highest BCUT2D eigenvalue weighted by Crippen LogP contribution is 2.61. The van der Waals surface area contributed by atoms with Crippen LogP contribution in [-0.4, -0.2) is 0 Å². The van der Waals surface area contributed by atoms with Gasteiger partial charge in [-0.25, -0.2) is 5.84 Å². The Morgan fingerprint density at radius 3 is 2.12 bits per heavy atom. The molecule has 92 valence electrons. The van der Waals surface area contributed by atoms with E-state index in [1.165, 1.54) is 38.5 Å². The molecule has 4 saturated carbocycles. The van der Waals surface area contributed by atoms with Gasteiger partial charge < -0.3 is 5.43 Å². The van der Waals surface area contributed by atoms with E-state index in [1.807, 2.05) is 11.3 Å². The number of nitrogen functional groups attached to an aromatic ring is 1.